The summed E-state index contributed by atoms with van der Waals surface area (Å²) in [6.07, 6.45) is 2.79. The highest BCUT2D eigenvalue weighted by Crippen LogP contribution is 2.16. The third-order valence-corrected chi connectivity index (χ3v) is 3.37. The van der Waals surface area contributed by atoms with Crippen molar-refractivity contribution in [2.75, 3.05) is 6.54 Å². The van der Waals surface area contributed by atoms with Crippen molar-refractivity contribution in [3.05, 3.63) is 35.4 Å². The summed E-state index contributed by atoms with van der Waals surface area (Å²) in [7, 11) is 0. The summed E-state index contributed by atoms with van der Waals surface area (Å²) in [5.74, 6) is -0.505. The molecule has 1 aromatic rings. The van der Waals surface area contributed by atoms with E-state index in [1.165, 1.54) is 12.1 Å². The van der Waals surface area contributed by atoms with Gasteiger partial charge in [-0.05, 0) is 43.0 Å². The van der Waals surface area contributed by atoms with Gasteiger partial charge in [-0.15, -0.1) is 0 Å². The Morgan fingerprint density at radius 2 is 1.72 bits per heavy atom. The summed E-state index contributed by atoms with van der Waals surface area (Å²) in [6, 6.07) is 4.04. The molecule has 0 fully saturated rings. The molecule has 0 spiro atoms. The van der Waals surface area contributed by atoms with E-state index in [1.54, 1.807) is 0 Å². The Bertz CT molecular complexity index is 345. The number of benzene rings is 1. The zero-order chi connectivity index (χ0) is 13.5. The summed E-state index contributed by atoms with van der Waals surface area (Å²) in [5, 5.41) is 3.46. The van der Waals surface area contributed by atoms with Crippen LogP contribution in [0.1, 0.15) is 39.2 Å². The molecule has 18 heavy (non-hydrogen) atoms. The fourth-order valence-electron chi connectivity index (χ4n) is 2.07. The second kappa shape index (κ2) is 7.47. The molecule has 102 valence electrons. The van der Waals surface area contributed by atoms with Crippen LogP contribution in [-0.4, -0.2) is 12.6 Å². The van der Waals surface area contributed by atoms with Crippen molar-refractivity contribution >= 4 is 0 Å². The number of nitrogens with one attached hydrogen (secondary N) is 1. The van der Waals surface area contributed by atoms with Gasteiger partial charge in [0.15, 0.2) is 0 Å². The molecule has 3 heteroatoms. The molecule has 0 aliphatic heterocycles. The summed E-state index contributed by atoms with van der Waals surface area (Å²) in [6.45, 7) is 7.36. The van der Waals surface area contributed by atoms with E-state index in [9.17, 15) is 8.78 Å². The summed E-state index contributed by atoms with van der Waals surface area (Å²) in [4.78, 5) is 0. The van der Waals surface area contributed by atoms with Gasteiger partial charge < -0.3 is 5.32 Å². The lowest BCUT2D eigenvalue weighted by Gasteiger charge is -2.24. The lowest BCUT2D eigenvalue weighted by Crippen LogP contribution is -2.37. The molecule has 1 nitrogen and oxygen atoms in total. The topological polar surface area (TPSA) is 12.0 Å². The van der Waals surface area contributed by atoms with Crippen molar-refractivity contribution in [3.8, 4) is 0 Å². The Morgan fingerprint density at radius 3 is 2.22 bits per heavy atom. The molecule has 1 aromatic carbocycles. The first-order valence-electron chi connectivity index (χ1n) is 6.75. The van der Waals surface area contributed by atoms with Gasteiger partial charge in [0.1, 0.15) is 11.6 Å². The molecule has 2 unspecified atom stereocenters. The SMILES string of the molecule is CCCNC(Cc1cc(F)cc(F)c1)C(C)CC. The fraction of sp³-hybridized carbons (Fsp3) is 0.600. The second-order valence-corrected chi connectivity index (χ2v) is 4.93. The molecule has 0 bridgehead atoms. The van der Waals surface area contributed by atoms with Crippen molar-refractivity contribution < 1.29 is 8.78 Å². The van der Waals surface area contributed by atoms with Crippen molar-refractivity contribution in [2.45, 2.75) is 46.1 Å². The van der Waals surface area contributed by atoms with Gasteiger partial charge in [-0.25, -0.2) is 8.78 Å². The molecule has 0 aliphatic carbocycles. The molecular weight excluding hydrogens is 232 g/mol. The Hall–Kier alpha value is -0.960. The van der Waals surface area contributed by atoms with Crippen LogP contribution in [0.4, 0.5) is 8.78 Å². The summed E-state index contributed by atoms with van der Waals surface area (Å²) >= 11 is 0. The largest absolute Gasteiger partial charge is 0.313 e. The minimum absolute atomic E-state index is 0.274. The number of hydrogen-bond donors (Lipinski definition) is 1. The Morgan fingerprint density at radius 1 is 1.11 bits per heavy atom. The van der Waals surface area contributed by atoms with Gasteiger partial charge >= 0.3 is 0 Å². The molecule has 2 atom stereocenters. The number of rotatable bonds is 7. The average Bonchev–Trinajstić information content (AvgIpc) is 2.32. The van der Waals surface area contributed by atoms with E-state index in [0.29, 0.717) is 12.3 Å². The minimum atomic E-state index is -0.497. The van der Waals surface area contributed by atoms with Crippen LogP contribution in [0, 0.1) is 17.6 Å². The molecule has 0 heterocycles. The highest BCUT2D eigenvalue weighted by Gasteiger charge is 2.16. The smallest absolute Gasteiger partial charge is 0.126 e. The predicted molar refractivity (Wildman–Crippen MR) is 71.6 cm³/mol. The lowest BCUT2D eigenvalue weighted by molar-refractivity contribution is 0.364. The maximum absolute atomic E-state index is 13.2. The molecule has 0 aromatic heterocycles. The maximum Gasteiger partial charge on any atom is 0.126 e. The van der Waals surface area contributed by atoms with Gasteiger partial charge in [0.05, 0.1) is 0 Å². The van der Waals surface area contributed by atoms with E-state index in [1.807, 2.05) is 0 Å². The summed E-state index contributed by atoms with van der Waals surface area (Å²) < 4.78 is 26.3. The Labute approximate surface area is 109 Å². The highest BCUT2D eigenvalue weighted by molar-refractivity contribution is 5.19. The first kappa shape index (κ1) is 15.1. The molecule has 0 amide bonds. The average molecular weight is 255 g/mol. The third kappa shape index (κ3) is 4.73. The normalized spacial score (nSPS) is 14.5. The van der Waals surface area contributed by atoms with Crippen LogP contribution in [0.15, 0.2) is 18.2 Å². The quantitative estimate of drug-likeness (QED) is 0.778. The van der Waals surface area contributed by atoms with E-state index >= 15 is 0 Å². The van der Waals surface area contributed by atoms with Crippen LogP contribution < -0.4 is 5.32 Å². The van der Waals surface area contributed by atoms with E-state index in [-0.39, 0.29) is 6.04 Å². The van der Waals surface area contributed by atoms with Crippen molar-refractivity contribution in [1.82, 2.24) is 5.32 Å². The zero-order valence-electron chi connectivity index (χ0n) is 11.5. The van der Waals surface area contributed by atoms with Gasteiger partial charge in [0.2, 0.25) is 0 Å². The standard InChI is InChI=1S/C15H23F2N/c1-4-6-18-15(11(3)5-2)9-12-7-13(16)10-14(17)8-12/h7-8,10-11,15,18H,4-6,9H2,1-3H3. The fourth-order valence-corrected chi connectivity index (χ4v) is 2.07. The third-order valence-electron chi connectivity index (χ3n) is 3.37. The maximum atomic E-state index is 13.2. The van der Waals surface area contributed by atoms with Crippen LogP contribution in [0.5, 0.6) is 0 Å². The molecule has 0 radical (unpaired) electrons. The molecule has 0 saturated heterocycles. The van der Waals surface area contributed by atoms with E-state index in [0.717, 1.165) is 31.0 Å². The molecular formula is C15H23F2N. The predicted octanol–water partition coefficient (Wildman–Crippen LogP) is 3.92. The van der Waals surface area contributed by atoms with Crippen LogP contribution in [-0.2, 0) is 6.42 Å². The van der Waals surface area contributed by atoms with E-state index < -0.39 is 11.6 Å². The highest BCUT2D eigenvalue weighted by atomic mass is 19.1. The van der Waals surface area contributed by atoms with Crippen LogP contribution in [0.2, 0.25) is 0 Å². The minimum Gasteiger partial charge on any atom is -0.313 e. The van der Waals surface area contributed by atoms with E-state index in [4.69, 9.17) is 0 Å². The van der Waals surface area contributed by atoms with Crippen LogP contribution in [0.3, 0.4) is 0 Å². The molecule has 0 aliphatic rings. The van der Waals surface area contributed by atoms with Crippen LogP contribution in [0.25, 0.3) is 0 Å². The Kier molecular flexibility index (Phi) is 6.27. The van der Waals surface area contributed by atoms with Gasteiger partial charge in [0, 0.05) is 12.1 Å². The second-order valence-electron chi connectivity index (χ2n) is 4.93. The Balaban J connectivity index is 2.74. The molecule has 0 saturated carbocycles. The van der Waals surface area contributed by atoms with Gasteiger partial charge in [-0.2, -0.15) is 0 Å². The zero-order valence-corrected chi connectivity index (χ0v) is 11.5. The van der Waals surface area contributed by atoms with Gasteiger partial charge in [-0.3, -0.25) is 0 Å². The molecule has 1 N–H and O–H groups in total. The number of halogens is 2. The molecule has 1 rings (SSSR count). The van der Waals surface area contributed by atoms with Crippen molar-refractivity contribution in [3.63, 3.8) is 0 Å². The van der Waals surface area contributed by atoms with Crippen LogP contribution >= 0.6 is 0 Å². The van der Waals surface area contributed by atoms with Gasteiger partial charge in [0.25, 0.3) is 0 Å². The lowest BCUT2D eigenvalue weighted by atomic mass is 9.93. The monoisotopic (exact) mass is 255 g/mol. The van der Waals surface area contributed by atoms with Crippen molar-refractivity contribution in [1.29, 1.82) is 0 Å². The first-order valence-corrected chi connectivity index (χ1v) is 6.75. The van der Waals surface area contributed by atoms with Gasteiger partial charge in [-0.1, -0.05) is 27.2 Å². The van der Waals surface area contributed by atoms with Crippen molar-refractivity contribution in [2.24, 2.45) is 5.92 Å². The first-order chi connectivity index (χ1) is 8.56. The number of hydrogen-bond acceptors (Lipinski definition) is 1. The van der Waals surface area contributed by atoms with E-state index in [2.05, 4.69) is 26.1 Å². The summed E-state index contributed by atoms with van der Waals surface area (Å²) in [5.41, 5.74) is 0.724.